The second kappa shape index (κ2) is 7.41. The molecule has 0 aromatic heterocycles. The summed E-state index contributed by atoms with van der Waals surface area (Å²) >= 11 is 9.81. The van der Waals surface area contributed by atoms with Crippen LogP contribution in [0.25, 0.3) is 0 Å². The monoisotopic (exact) mass is 506 g/mol. The van der Waals surface area contributed by atoms with Crippen molar-refractivity contribution in [2.75, 3.05) is 10.7 Å². The average molecular weight is 508 g/mol. The van der Waals surface area contributed by atoms with Gasteiger partial charge < -0.3 is 0 Å². The van der Waals surface area contributed by atoms with Crippen LogP contribution in [0.2, 0.25) is 0 Å². The number of hydrogen-bond donors (Lipinski definition) is 0. The Morgan fingerprint density at radius 2 is 1.45 bits per heavy atom. The third-order valence-corrected chi connectivity index (χ3v) is 6.50. The molecule has 0 saturated carbocycles. The van der Waals surface area contributed by atoms with Crippen LogP contribution in [-0.4, -0.2) is 10.7 Å². The Labute approximate surface area is 151 Å². The van der Waals surface area contributed by atoms with Crippen molar-refractivity contribution in [3.63, 3.8) is 0 Å². The molecule has 0 radical (unpaired) electrons. The van der Waals surface area contributed by atoms with E-state index in [4.69, 9.17) is 0 Å². The van der Waals surface area contributed by atoms with Crippen molar-refractivity contribution < 1.29 is 0 Å². The summed E-state index contributed by atoms with van der Waals surface area (Å²) in [5.41, 5.74) is 4.17. The van der Waals surface area contributed by atoms with Crippen molar-refractivity contribution in [1.29, 1.82) is 0 Å². The molecular weight excluding hydrogens is 491 g/mol. The van der Waals surface area contributed by atoms with Crippen LogP contribution in [0.4, 0.5) is 0 Å². The van der Waals surface area contributed by atoms with E-state index in [1.54, 1.807) is 0 Å². The maximum Gasteiger partial charge on any atom is 0.0187 e. The van der Waals surface area contributed by atoms with Crippen LogP contribution in [0.1, 0.15) is 16.7 Å². The van der Waals surface area contributed by atoms with Crippen molar-refractivity contribution in [3.05, 3.63) is 68.8 Å². The maximum absolute atomic E-state index is 3.73. The largest absolute Gasteiger partial charge is 0.0918 e. The van der Waals surface area contributed by atoms with Crippen molar-refractivity contribution in [2.45, 2.75) is 18.8 Å². The molecular formula is C17H17Br2I. The predicted molar refractivity (Wildman–Crippen MR) is 103 cm³/mol. The van der Waals surface area contributed by atoms with E-state index in [1.807, 2.05) is 0 Å². The minimum absolute atomic E-state index is 0.0977. The average Bonchev–Trinajstić information content (AvgIpc) is 2.48. The molecule has 3 heteroatoms. The molecule has 0 bridgehead atoms. The summed E-state index contributed by atoms with van der Waals surface area (Å²) in [5.74, 6) is 0. The fourth-order valence-electron chi connectivity index (χ4n) is 2.29. The van der Waals surface area contributed by atoms with Gasteiger partial charge in [-0.15, -0.1) is 0 Å². The van der Waals surface area contributed by atoms with E-state index in [-0.39, 0.29) is 5.41 Å². The summed E-state index contributed by atoms with van der Waals surface area (Å²) in [4.78, 5) is 0. The molecule has 0 saturated heterocycles. The highest BCUT2D eigenvalue weighted by atomic mass is 127. The van der Waals surface area contributed by atoms with E-state index in [2.05, 4.69) is 110 Å². The summed E-state index contributed by atoms with van der Waals surface area (Å²) in [6, 6.07) is 17.7. The quantitative estimate of drug-likeness (QED) is 0.351. The lowest BCUT2D eigenvalue weighted by Crippen LogP contribution is -2.33. The van der Waals surface area contributed by atoms with Gasteiger partial charge in [-0.3, -0.25) is 0 Å². The Kier molecular flexibility index (Phi) is 6.11. The zero-order valence-corrected chi connectivity index (χ0v) is 16.7. The molecule has 0 spiro atoms. The Bertz CT molecular complexity index is 542. The van der Waals surface area contributed by atoms with Gasteiger partial charge in [0.1, 0.15) is 0 Å². The van der Waals surface area contributed by atoms with Gasteiger partial charge in [-0.25, -0.2) is 0 Å². The highest BCUT2D eigenvalue weighted by molar-refractivity contribution is 14.1. The van der Waals surface area contributed by atoms with Gasteiger partial charge in [0, 0.05) is 19.6 Å². The smallest absolute Gasteiger partial charge is 0.0187 e. The first-order valence-corrected chi connectivity index (χ1v) is 9.85. The van der Waals surface area contributed by atoms with Crippen LogP contribution < -0.4 is 0 Å². The fraction of sp³-hybridized carbons (Fsp3) is 0.294. The summed E-state index contributed by atoms with van der Waals surface area (Å²) in [6.45, 7) is 2.13. The van der Waals surface area contributed by atoms with Gasteiger partial charge in [-0.05, 0) is 59.2 Å². The fourth-order valence-corrected chi connectivity index (χ4v) is 4.62. The predicted octanol–water partition coefficient (Wildman–Crippen LogP) is 5.87. The Balaban J connectivity index is 2.33. The first kappa shape index (κ1) is 16.5. The molecule has 2 rings (SSSR count). The second-order valence-corrected chi connectivity index (χ2v) is 7.58. The van der Waals surface area contributed by atoms with E-state index >= 15 is 0 Å². The van der Waals surface area contributed by atoms with Gasteiger partial charge in [-0.2, -0.15) is 0 Å². The number of hydrogen-bond acceptors (Lipinski definition) is 0. The Morgan fingerprint density at radius 1 is 0.900 bits per heavy atom. The summed E-state index contributed by atoms with van der Waals surface area (Å²) in [6.07, 6.45) is 1.03. The van der Waals surface area contributed by atoms with Crippen molar-refractivity contribution in [2.24, 2.45) is 0 Å². The normalized spacial score (nSPS) is 11.6. The minimum atomic E-state index is 0.0977. The van der Waals surface area contributed by atoms with Crippen LogP contribution in [0.15, 0.2) is 48.5 Å². The first-order valence-electron chi connectivity index (χ1n) is 6.53. The second-order valence-electron chi connectivity index (χ2n) is 5.22. The molecule has 0 heterocycles. The van der Waals surface area contributed by atoms with Crippen molar-refractivity contribution in [3.8, 4) is 0 Å². The molecule has 0 unspecified atom stereocenters. The molecule has 0 amide bonds. The van der Waals surface area contributed by atoms with Gasteiger partial charge in [0.2, 0.25) is 0 Å². The van der Waals surface area contributed by atoms with E-state index in [0.29, 0.717) is 0 Å². The molecule has 0 N–H and O–H groups in total. The van der Waals surface area contributed by atoms with Crippen molar-refractivity contribution >= 4 is 54.5 Å². The molecule has 0 aliphatic carbocycles. The molecule has 2 aromatic carbocycles. The van der Waals surface area contributed by atoms with Gasteiger partial charge in [0.15, 0.2) is 0 Å². The lowest BCUT2D eigenvalue weighted by Gasteiger charge is -2.31. The Morgan fingerprint density at radius 3 is 1.95 bits per heavy atom. The van der Waals surface area contributed by atoms with Crippen LogP contribution >= 0.6 is 54.5 Å². The van der Waals surface area contributed by atoms with Gasteiger partial charge in [0.05, 0.1) is 0 Å². The molecule has 0 nitrogen and oxygen atoms in total. The molecule has 106 valence electrons. The zero-order chi connectivity index (χ0) is 14.6. The van der Waals surface area contributed by atoms with Crippen LogP contribution in [0.5, 0.6) is 0 Å². The topological polar surface area (TPSA) is 0 Å². The van der Waals surface area contributed by atoms with E-state index < -0.39 is 0 Å². The van der Waals surface area contributed by atoms with Crippen molar-refractivity contribution in [1.82, 2.24) is 0 Å². The van der Waals surface area contributed by atoms with Gasteiger partial charge >= 0.3 is 0 Å². The van der Waals surface area contributed by atoms with Crippen LogP contribution in [-0.2, 0) is 11.8 Å². The maximum atomic E-state index is 3.73. The van der Waals surface area contributed by atoms with Gasteiger partial charge in [-0.1, -0.05) is 73.8 Å². The molecule has 2 aromatic rings. The van der Waals surface area contributed by atoms with E-state index in [1.165, 1.54) is 20.3 Å². The highest BCUT2D eigenvalue weighted by Crippen LogP contribution is 2.33. The number of benzene rings is 2. The third-order valence-electron chi connectivity index (χ3n) is 3.63. The van der Waals surface area contributed by atoms with Crippen LogP contribution in [0.3, 0.4) is 0 Å². The Hall–Kier alpha value is 0.130. The first-order chi connectivity index (χ1) is 9.59. The summed E-state index contributed by atoms with van der Waals surface area (Å²) < 4.78 is 1.28. The molecule has 0 fully saturated rings. The SMILES string of the molecule is Cc1ccc(C(CBr)(CBr)Cc2ccc(I)cc2)cc1. The number of aryl methyl sites for hydroxylation is 1. The van der Waals surface area contributed by atoms with Crippen LogP contribution in [0, 0.1) is 10.5 Å². The van der Waals surface area contributed by atoms with Gasteiger partial charge in [0.25, 0.3) is 0 Å². The lowest BCUT2D eigenvalue weighted by molar-refractivity contribution is 0.551. The summed E-state index contributed by atoms with van der Waals surface area (Å²) in [7, 11) is 0. The minimum Gasteiger partial charge on any atom is -0.0918 e. The third kappa shape index (κ3) is 3.86. The zero-order valence-electron chi connectivity index (χ0n) is 11.4. The number of rotatable bonds is 5. The lowest BCUT2D eigenvalue weighted by atomic mass is 9.79. The molecule has 0 atom stereocenters. The molecule has 20 heavy (non-hydrogen) atoms. The number of halogens is 3. The standard InChI is InChI=1S/C17H17Br2I/c1-13-2-6-15(7-3-13)17(11-18,12-19)10-14-4-8-16(20)9-5-14/h2-9H,10-12H2,1H3. The van der Waals surface area contributed by atoms with E-state index in [9.17, 15) is 0 Å². The molecule has 0 aliphatic heterocycles. The summed E-state index contributed by atoms with van der Waals surface area (Å²) in [5, 5.41) is 1.89. The van der Waals surface area contributed by atoms with E-state index in [0.717, 1.165) is 17.1 Å². The molecule has 0 aliphatic rings. The number of alkyl halides is 2. The highest BCUT2D eigenvalue weighted by Gasteiger charge is 2.30.